The average molecular weight is 241 g/mol. The van der Waals surface area contributed by atoms with Crippen molar-refractivity contribution in [3.63, 3.8) is 0 Å². The van der Waals surface area contributed by atoms with Crippen molar-refractivity contribution in [2.45, 2.75) is 12.5 Å². The third kappa shape index (κ3) is 1.58. The summed E-state index contributed by atoms with van der Waals surface area (Å²) in [4.78, 5) is 2.25. The van der Waals surface area contributed by atoms with E-state index in [2.05, 4.69) is 46.1 Å². The van der Waals surface area contributed by atoms with E-state index in [-0.39, 0.29) is 6.04 Å². The molecule has 1 aromatic carbocycles. The van der Waals surface area contributed by atoms with Crippen molar-refractivity contribution in [1.29, 1.82) is 0 Å². The quantitative estimate of drug-likeness (QED) is 0.755. The van der Waals surface area contributed by atoms with Gasteiger partial charge in [-0.1, -0.05) is 22.0 Å². The van der Waals surface area contributed by atoms with Crippen molar-refractivity contribution in [2.24, 2.45) is 5.73 Å². The predicted octanol–water partition coefficient (Wildman–Crippen LogP) is 2.29. The number of nitrogens with two attached hydrogens (primary N) is 1. The fourth-order valence-electron chi connectivity index (χ4n) is 1.77. The van der Waals surface area contributed by atoms with Crippen LogP contribution in [0.4, 0.5) is 5.69 Å². The Morgan fingerprint density at radius 1 is 1.54 bits per heavy atom. The van der Waals surface area contributed by atoms with Crippen LogP contribution in [0.15, 0.2) is 22.7 Å². The molecule has 0 radical (unpaired) electrons. The van der Waals surface area contributed by atoms with E-state index < -0.39 is 0 Å². The lowest BCUT2D eigenvalue weighted by Crippen LogP contribution is -2.30. The monoisotopic (exact) mass is 240 g/mol. The Morgan fingerprint density at radius 2 is 2.31 bits per heavy atom. The fourth-order valence-corrected chi connectivity index (χ4v) is 2.12. The van der Waals surface area contributed by atoms with Crippen LogP contribution in [-0.2, 0) is 0 Å². The minimum absolute atomic E-state index is 0.208. The van der Waals surface area contributed by atoms with Gasteiger partial charge in [0, 0.05) is 29.8 Å². The maximum atomic E-state index is 6.02. The van der Waals surface area contributed by atoms with Gasteiger partial charge in [-0.15, -0.1) is 0 Å². The first-order valence-electron chi connectivity index (χ1n) is 4.44. The topological polar surface area (TPSA) is 29.3 Å². The number of benzene rings is 1. The molecule has 1 unspecified atom stereocenters. The van der Waals surface area contributed by atoms with E-state index >= 15 is 0 Å². The summed E-state index contributed by atoms with van der Waals surface area (Å²) >= 11 is 3.47. The van der Waals surface area contributed by atoms with Gasteiger partial charge in [-0.05, 0) is 24.1 Å². The molecule has 3 heteroatoms. The Balaban J connectivity index is 2.50. The molecule has 0 saturated carbocycles. The largest absolute Gasteiger partial charge is 0.374 e. The van der Waals surface area contributed by atoms with Crippen molar-refractivity contribution in [1.82, 2.24) is 0 Å². The van der Waals surface area contributed by atoms with E-state index in [4.69, 9.17) is 5.73 Å². The molecule has 0 aliphatic carbocycles. The zero-order valence-corrected chi connectivity index (χ0v) is 9.21. The Kier molecular flexibility index (Phi) is 2.30. The van der Waals surface area contributed by atoms with Gasteiger partial charge in [0.25, 0.3) is 0 Å². The molecule has 2 rings (SSSR count). The van der Waals surface area contributed by atoms with E-state index in [1.807, 2.05) is 0 Å². The smallest absolute Gasteiger partial charge is 0.0423 e. The Hall–Kier alpha value is -0.540. The molecule has 1 aliphatic rings. The molecule has 1 aromatic rings. The van der Waals surface area contributed by atoms with E-state index in [1.54, 1.807) is 0 Å². The minimum atomic E-state index is 0.208. The Labute approximate surface area is 86.9 Å². The van der Waals surface area contributed by atoms with Crippen molar-refractivity contribution in [2.75, 3.05) is 18.5 Å². The van der Waals surface area contributed by atoms with Gasteiger partial charge in [0.05, 0.1) is 0 Å². The molecular weight excluding hydrogens is 228 g/mol. The first kappa shape index (κ1) is 9.03. The van der Waals surface area contributed by atoms with Gasteiger partial charge in [-0.2, -0.15) is 0 Å². The fraction of sp³-hybridized carbons (Fsp3) is 0.400. The lowest BCUT2D eigenvalue weighted by molar-refractivity contribution is 0.614. The first-order chi connectivity index (χ1) is 6.18. The molecule has 13 heavy (non-hydrogen) atoms. The highest BCUT2D eigenvalue weighted by Crippen LogP contribution is 2.33. The number of halogens is 1. The molecule has 1 aliphatic heterocycles. The van der Waals surface area contributed by atoms with Crippen LogP contribution in [0.5, 0.6) is 0 Å². The summed E-state index contributed by atoms with van der Waals surface area (Å²) < 4.78 is 1.12. The number of hydrogen-bond donors (Lipinski definition) is 1. The van der Waals surface area contributed by atoms with Crippen LogP contribution in [0, 0.1) is 0 Å². The zero-order chi connectivity index (χ0) is 9.42. The number of hydrogen-bond acceptors (Lipinski definition) is 2. The highest BCUT2D eigenvalue weighted by molar-refractivity contribution is 9.10. The molecule has 70 valence electrons. The van der Waals surface area contributed by atoms with Gasteiger partial charge < -0.3 is 10.6 Å². The molecule has 0 aromatic heterocycles. The lowest BCUT2D eigenvalue weighted by Gasteiger charge is -2.31. The summed E-state index contributed by atoms with van der Waals surface area (Å²) in [6.45, 7) is 1.05. The van der Waals surface area contributed by atoms with E-state index in [9.17, 15) is 0 Å². The number of rotatable bonds is 0. The molecule has 2 nitrogen and oxygen atoms in total. The van der Waals surface area contributed by atoms with Crippen LogP contribution in [-0.4, -0.2) is 13.6 Å². The van der Waals surface area contributed by atoms with Crippen LogP contribution in [0.25, 0.3) is 0 Å². The Bertz CT molecular complexity index is 325. The van der Waals surface area contributed by atoms with Gasteiger partial charge in [0.2, 0.25) is 0 Å². The van der Waals surface area contributed by atoms with Gasteiger partial charge in [-0.3, -0.25) is 0 Å². The molecule has 0 bridgehead atoms. The number of anilines is 1. The lowest BCUT2D eigenvalue weighted by atomic mass is 9.98. The number of nitrogens with zero attached hydrogens (tertiary/aromatic N) is 1. The van der Waals surface area contributed by atoms with Gasteiger partial charge in [0.15, 0.2) is 0 Å². The van der Waals surface area contributed by atoms with Crippen LogP contribution in [0.2, 0.25) is 0 Å². The summed E-state index contributed by atoms with van der Waals surface area (Å²) in [5.41, 5.74) is 8.54. The van der Waals surface area contributed by atoms with Crippen LogP contribution < -0.4 is 10.6 Å². The third-order valence-electron chi connectivity index (χ3n) is 2.58. The van der Waals surface area contributed by atoms with Crippen molar-refractivity contribution >= 4 is 21.6 Å². The highest BCUT2D eigenvalue weighted by atomic mass is 79.9. The molecule has 0 saturated heterocycles. The van der Waals surface area contributed by atoms with Crippen LogP contribution >= 0.6 is 15.9 Å². The van der Waals surface area contributed by atoms with Gasteiger partial charge in [-0.25, -0.2) is 0 Å². The van der Waals surface area contributed by atoms with Crippen LogP contribution in [0.1, 0.15) is 18.0 Å². The molecular formula is C10H13BrN2. The first-order valence-corrected chi connectivity index (χ1v) is 5.24. The second-order valence-electron chi connectivity index (χ2n) is 3.52. The summed E-state index contributed by atoms with van der Waals surface area (Å²) in [7, 11) is 2.11. The van der Waals surface area contributed by atoms with E-state index in [1.165, 1.54) is 11.3 Å². The average Bonchev–Trinajstić information content (AvgIpc) is 2.12. The molecule has 0 spiro atoms. The third-order valence-corrected chi connectivity index (χ3v) is 3.07. The van der Waals surface area contributed by atoms with Gasteiger partial charge >= 0.3 is 0 Å². The number of fused-ring (bicyclic) bond motifs is 1. The minimum Gasteiger partial charge on any atom is -0.374 e. The second-order valence-corrected chi connectivity index (χ2v) is 4.44. The Morgan fingerprint density at radius 3 is 3.08 bits per heavy atom. The summed E-state index contributed by atoms with van der Waals surface area (Å²) in [5, 5.41) is 0. The zero-order valence-electron chi connectivity index (χ0n) is 7.63. The van der Waals surface area contributed by atoms with E-state index in [0.29, 0.717) is 0 Å². The molecule has 0 fully saturated rings. The van der Waals surface area contributed by atoms with Crippen molar-refractivity contribution in [3.8, 4) is 0 Å². The molecule has 0 amide bonds. The predicted molar refractivity (Wildman–Crippen MR) is 59.0 cm³/mol. The highest BCUT2D eigenvalue weighted by Gasteiger charge is 2.19. The molecule has 2 N–H and O–H groups in total. The second kappa shape index (κ2) is 3.31. The summed E-state index contributed by atoms with van der Waals surface area (Å²) in [6.07, 6.45) is 1.05. The van der Waals surface area contributed by atoms with Crippen LogP contribution in [0.3, 0.4) is 0 Å². The summed E-state index contributed by atoms with van der Waals surface area (Å²) in [5.74, 6) is 0. The maximum absolute atomic E-state index is 6.02. The normalized spacial score (nSPS) is 21.5. The van der Waals surface area contributed by atoms with Gasteiger partial charge in [0.1, 0.15) is 0 Å². The maximum Gasteiger partial charge on any atom is 0.0423 e. The van der Waals surface area contributed by atoms with E-state index in [0.717, 1.165) is 17.4 Å². The molecule has 1 heterocycles. The molecule has 1 atom stereocenters. The summed E-state index contributed by atoms with van der Waals surface area (Å²) in [6, 6.07) is 6.51. The standard InChI is InChI=1S/C10H13BrN2/c1-13-5-4-9(12)8-3-2-7(11)6-10(8)13/h2-3,6,9H,4-5,12H2,1H3. The van der Waals surface area contributed by atoms with Crippen molar-refractivity contribution in [3.05, 3.63) is 28.2 Å². The van der Waals surface area contributed by atoms with Crippen molar-refractivity contribution < 1.29 is 0 Å². The SMILES string of the molecule is CN1CCC(N)c2ccc(Br)cc21.